The molecule has 0 radical (unpaired) electrons. The van der Waals surface area contributed by atoms with Crippen LogP contribution >= 0.6 is 0 Å². The average Bonchev–Trinajstić information content (AvgIpc) is 2.82. The number of hydrogen-bond donors (Lipinski definition) is 0. The first kappa shape index (κ1) is 24.2. The Balaban J connectivity index is 1.52. The van der Waals surface area contributed by atoms with Crippen LogP contribution in [0.15, 0.2) is 54.6 Å². The van der Waals surface area contributed by atoms with E-state index in [0.29, 0.717) is 17.0 Å². The van der Waals surface area contributed by atoms with Crippen molar-refractivity contribution in [3.8, 4) is 23.0 Å². The Hall–Kier alpha value is -3.50. The second kappa shape index (κ2) is 9.18. The molecular formula is C29H20F6O. The molecule has 7 heteroatoms. The van der Waals surface area contributed by atoms with E-state index in [1.54, 1.807) is 6.07 Å². The highest BCUT2D eigenvalue weighted by molar-refractivity contribution is 5.92. The summed E-state index contributed by atoms with van der Waals surface area (Å²) in [6, 6.07) is 14.8. The summed E-state index contributed by atoms with van der Waals surface area (Å²) < 4.78 is 87.2. The zero-order chi connectivity index (χ0) is 25.6. The van der Waals surface area contributed by atoms with Crippen molar-refractivity contribution in [3.63, 3.8) is 0 Å². The van der Waals surface area contributed by atoms with Gasteiger partial charge in [-0.2, -0.15) is 13.2 Å². The molecule has 2 unspecified atom stereocenters. The van der Waals surface area contributed by atoms with E-state index in [0.717, 1.165) is 53.8 Å². The predicted octanol–water partition coefficient (Wildman–Crippen LogP) is 8.48. The molecule has 0 aromatic heterocycles. The number of ether oxygens (including phenoxy) is 1. The zero-order valence-electron chi connectivity index (χ0n) is 19.1. The van der Waals surface area contributed by atoms with E-state index in [1.807, 2.05) is 24.3 Å². The molecule has 2 atom stereocenters. The average molecular weight is 498 g/mol. The van der Waals surface area contributed by atoms with Crippen LogP contribution in [0.2, 0.25) is 0 Å². The summed E-state index contributed by atoms with van der Waals surface area (Å²) in [6.45, 7) is 2.89. The maximum absolute atomic E-state index is 14.9. The lowest BCUT2D eigenvalue weighted by atomic mass is 9.93. The maximum atomic E-state index is 14.9. The molecule has 1 aliphatic rings. The van der Waals surface area contributed by atoms with Crippen molar-refractivity contribution in [1.82, 2.24) is 0 Å². The van der Waals surface area contributed by atoms with Gasteiger partial charge in [-0.15, -0.1) is 0 Å². The number of rotatable bonds is 2. The molecule has 4 aromatic carbocycles. The Morgan fingerprint density at radius 3 is 2.25 bits per heavy atom. The summed E-state index contributed by atoms with van der Waals surface area (Å²) in [5.74, 6) is -0.964. The van der Waals surface area contributed by atoms with Crippen molar-refractivity contribution in [2.45, 2.75) is 32.0 Å². The summed E-state index contributed by atoms with van der Waals surface area (Å²) >= 11 is 0. The van der Waals surface area contributed by atoms with Gasteiger partial charge in [0.2, 0.25) is 0 Å². The highest BCUT2D eigenvalue weighted by Crippen LogP contribution is 2.35. The lowest BCUT2D eigenvalue weighted by Crippen LogP contribution is -2.18. The SMILES string of the molecule is CC1CCC(c2ccc3cc(-c4cc(F)c5c(F)c(C#CC(F)(F)F)c(F)cc5c4)ccc3c2)OC1. The van der Waals surface area contributed by atoms with Gasteiger partial charge >= 0.3 is 6.18 Å². The molecule has 1 saturated heterocycles. The highest BCUT2D eigenvalue weighted by Gasteiger charge is 2.24. The fourth-order valence-corrected chi connectivity index (χ4v) is 4.62. The van der Waals surface area contributed by atoms with Crippen molar-refractivity contribution >= 4 is 21.5 Å². The van der Waals surface area contributed by atoms with Crippen LogP contribution in [0.25, 0.3) is 32.7 Å². The van der Waals surface area contributed by atoms with Gasteiger partial charge in [-0.1, -0.05) is 37.1 Å². The summed E-state index contributed by atoms with van der Waals surface area (Å²) in [7, 11) is 0. The van der Waals surface area contributed by atoms with Gasteiger partial charge in [0.15, 0.2) is 5.82 Å². The Morgan fingerprint density at radius 1 is 0.806 bits per heavy atom. The van der Waals surface area contributed by atoms with Gasteiger partial charge in [-0.25, -0.2) is 13.2 Å². The van der Waals surface area contributed by atoms with Gasteiger partial charge in [-0.05, 0) is 81.9 Å². The minimum absolute atomic E-state index is 0.0513. The molecular weight excluding hydrogens is 478 g/mol. The Morgan fingerprint density at radius 2 is 1.53 bits per heavy atom. The van der Waals surface area contributed by atoms with Crippen LogP contribution in [0.4, 0.5) is 26.3 Å². The van der Waals surface area contributed by atoms with E-state index in [-0.39, 0.29) is 11.5 Å². The molecule has 0 aliphatic carbocycles. The second-order valence-electron chi connectivity index (χ2n) is 9.18. The first-order valence-corrected chi connectivity index (χ1v) is 11.5. The van der Waals surface area contributed by atoms with E-state index in [4.69, 9.17) is 4.74 Å². The predicted molar refractivity (Wildman–Crippen MR) is 127 cm³/mol. The lowest BCUT2D eigenvalue weighted by Gasteiger charge is -2.27. The first-order valence-electron chi connectivity index (χ1n) is 11.5. The van der Waals surface area contributed by atoms with Crippen molar-refractivity contribution in [3.05, 3.63) is 83.2 Å². The number of hydrogen-bond acceptors (Lipinski definition) is 1. The van der Waals surface area contributed by atoms with Gasteiger partial charge in [0.25, 0.3) is 0 Å². The Labute approximate surface area is 203 Å². The molecule has 5 rings (SSSR count). The minimum atomic E-state index is -4.94. The number of halogens is 6. The maximum Gasteiger partial charge on any atom is 0.458 e. The molecule has 0 spiro atoms. The third-order valence-electron chi connectivity index (χ3n) is 6.48. The molecule has 0 N–H and O–H groups in total. The Bertz CT molecular complexity index is 1540. The van der Waals surface area contributed by atoms with Crippen LogP contribution in [-0.2, 0) is 4.74 Å². The molecule has 1 nitrogen and oxygen atoms in total. The van der Waals surface area contributed by atoms with Gasteiger partial charge in [0, 0.05) is 12.5 Å². The van der Waals surface area contributed by atoms with Crippen LogP contribution in [0, 0.1) is 35.2 Å². The summed E-state index contributed by atoms with van der Waals surface area (Å²) in [4.78, 5) is 0. The largest absolute Gasteiger partial charge is 0.458 e. The summed E-state index contributed by atoms with van der Waals surface area (Å²) in [5.41, 5.74) is 0.975. The zero-order valence-corrected chi connectivity index (χ0v) is 19.1. The molecule has 1 aliphatic heterocycles. The van der Waals surface area contributed by atoms with E-state index >= 15 is 0 Å². The molecule has 0 amide bonds. The second-order valence-corrected chi connectivity index (χ2v) is 9.18. The lowest BCUT2D eigenvalue weighted by molar-refractivity contribution is -0.0696. The van der Waals surface area contributed by atoms with Crippen LogP contribution in [0.5, 0.6) is 0 Å². The topological polar surface area (TPSA) is 9.23 Å². The fraction of sp³-hybridized carbons (Fsp3) is 0.241. The van der Waals surface area contributed by atoms with Crippen LogP contribution < -0.4 is 0 Å². The standard InChI is InChI=1S/C29H20F6O/c1-16-2-7-26(36-15-16)20-6-5-17-10-19(4-3-18(17)11-20)21-12-22-14-24(30)23(8-9-29(33,34)35)28(32)27(22)25(31)13-21/h3-6,10-14,16,26H,2,7,15H2,1H3. The van der Waals surface area contributed by atoms with Gasteiger partial charge < -0.3 is 4.74 Å². The number of alkyl halides is 3. The molecule has 0 saturated carbocycles. The molecule has 4 aromatic rings. The van der Waals surface area contributed by atoms with Crippen molar-refractivity contribution < 1.29 is 31.1 Å². The van der Waals surface area contributed by atoms with Crippen molar-refractivity contribution in [2.24, 2.45) is 5.92 Å². The van der Waals surface area contributed by atoms with Crippen molar-refractivity contribution in [1.29, 1.82) is 0 Å². The molecule has 1 heterocycles. The molecule has 184 valence electrons. The van der Waals surface area contributed by atoms with Gasteiger partial charge in [0.05, 0.1) is 17.1 Å². The van der Waals surface area contributed by atoms with E-state index in [9.17, 15) is 26.3 Å². The van der Waals surface area contributed by atoms with E-state index in [2.05, 4.69) is 13.0 Å². The normalized spacial score (nSPS) is 18.3. The molecule has 36 heavy (non-hydrogen) atoms. The Kier molecular flexibility index (Phi) is 6.17. The fourth-order valence-electron chi connectivity index (χ4n) is 4.62. The molecule has 0 bridgehead atoms. The van der Waals surface area contributed by atoms with Crippen molar-refractivity contribution in [2.75, 3.05) is 6.61 Å². The third kappa shape index (κ3) is 4.78. The summed E-state index contributed by atoms with van der Waals surface area (Å²) in [5, 5.41) is 1.15. The molecule has 1 fully saturated rings. The quantitative estimate of drug-likeness (QED) is 0.199. The van der Waals surface area contributed by atoms with E-state index < -0.39 is 34.6 Å². The number of benzene rings is 4. The van der Waals surface area contributed by atoms with E-state index in [1.165, 1.54) is 12.0 Å². The highest BCUT2D eigenvalue weighted by atomic mass is 19.4. The minimum Gasteiger partial charge on any atom is -0.373 e. The smallest absolute Gasteiger partial charge is 0.373 e. The van der Waals surface area contributed by atoms with Crippen LogP contribution in [-0.4, -0.2) is 12.8 Å². The monoisotopic (exact) mass is 498 g/mol. The first-order chi connectivity index (χ1) is 17.1. The van der Waals surface area contributed by atoms with Crippen LogP contribution in [0.1, 0.15) is 37.0 Å². The number of fused-ring (bicyclic) bond motifs is 2. The van der Waals surface area contributed by atoms with Crippen LogP contribution in [0.3, 0.4) is 0 Å². The van der Waals surface area contributed by atoms with Gasteiger partial charge in [0.1, 0.15) is 11.6 Å². The van der Waals surface area contributed by atoms with Gasteiger partial charge in [-0.3, -0.25) is 0 Å². The summed E-state index contributed by atoms with van der Waals surface area (Å²) in [6.07, 6.45) is -2.82. The third-order valence-corrected chi connectivity index (χ3v) is 6.48.